The van der Waals surface area contributed by atoms with Gasteiger partial charge in [-0.05, 0) is 6.07 Å². The van der Waals surface area contributed by atoms with Crippen LogP contribution < -0.4 is 0 Å². The Hall–Kier alpha value is -1.38. The Labute approximate surface area is 58.3 Å². The topological polar surface area (TPSA) is 34.5 Å². The molecular formula is C7H5N2O. The maximum Gasteiger partial charge on any atom is 0.144 e. The minimum atomic E-state index is 0.521. The molecule has 0 fully saturated rings. The van der Waals surface area contributed by atoms with E-state index in [0.717, 1.165) is 11.3 Å². The molecule has 0 N–H and O–H groups in total. The molecule has 0 spiro atoms. The van der Waals surface area contributed by atoms with Crippen molar-refractivity contribution >= 4 is 6.21 Å². The summed E-state index contributed by atoms with van der Waals surface area (Å²) in [6, 6.07) is 3.69. The molecule has 0 saturated carbocycles. The van der Waals surface area contributed by atoms with Crippen LogP contribution in [0.15, 0.2) is 17.3 Å². The van der Waals surface area contributed by atoms with Crippen molar-refractivity contribution in [3.05, 3.63) is 29.6 Å². The van der Waals surface area contributed by atoms with Crippen LogP contribution in [0.4, 0.5) is 0 Å². The summed E-state index contributed by atoms with van der Waals surface area (Å²) in [6.45, 7) is 0.521. The van der Waals surface area contributed by atoms with E-state index >= 15 is 0 Å². The van der Waals surface area contributed by atoms with Crippen molar-refractivity contribution in [3.8, 4) is 0 Å². The van der Waals surface area contributed by atoms with Gasteiger partial charge in [-0.15, -0.1) is 0 Å². The van der Waals surface area contributed by atoms with Gasteiger partial charge >= 0.3 is 0 Å². The van der Waals surface area contributed by atoms with E-state index in [1.807, 2.05) is 6.07 Å². The molecule has 0 aliphatic carbocycles. The number of aromatic nitrogens is 1. The van der Waals surface area contributed by atoms with E-state index in [1.165, 1.54) is 0 Å². The van der Waals surface area contributed by atoms with Crippen molar-refractivity contribution in [2.24, 2.45) is 5.16 Å². The second kappa shape index (κ2) is 2.10. The largest absolute Gasteiger partial charge is 0.391 e. The van der Waals surface area contributed by atoms with Gasteiger partial charge in [0, 0.05) is 5.56 Å². The van der Waals surface area contributed by atoms with Crippen LogP contribution in [-0.4, -0.2) is 11.2 Å². The number of hydrogen-bond donors (Lipinski definition) is 0. The highest BCUT2D eigenvalue weighted by Crippen LogP contribution is 2.08. The van der Waals surface area contributed by atoms with Gasteiger partial charge in [0.15, 0.2) is 0 Å². The van der Waals surface area contributed by atoms with Crippen LogP contribution in [0, 0.1) is 6.20 Å². The van der Waals surface area contributed by atoms with Crippen LogP contribution in [0.5, 0.6) is 0 Å². The van der Waals surface area contributed by atoms with Crippen LogP contribution in [0.3, 0.4) is 0 Å². The van der Waals surface area contributed by atoms with Gasteiger partial charge in [0.2, 0.25) is 0 Å². The van der Waals surface area contributed by atoms with Crippen molar-refractivity contribution in [1.29, 1.82) is 0 Å². The molecule has 2 heterocycles. The van der Waals surface area contributed by atoms with Crippen LogP contribution >= 0.6 is 0 Å². The van der Waals surface area contributed by atoms with Crippen molar-refractivity contribution in [2.75, 3.05) is 0 Å². The first kappa shape index (κ1) is 5.41. The molecule has 3 heteroatoms. The van der Waals surface area contributed by atoms with Crippen molar-refractivity contribution in [3.63, 3.8) is 0 Å². The van der Waals surface area contributed by atoms with Gasteiger partial charge in [0.1, 0.15) is 6.61 Å². The predicted molar refractivity (Wildman–Crippen MR) is 35.5 cm³/mol. The lowest BCUT2D eigenvalue weighted by Gasteiger charge is -2.06. The van der Waals surface area contributed by atoms with E-state index < -0.39 is 0 Å². The zero-order valence-corrected chi connectivity index (χ0v) is 5.24. The van der Waals surface area contributed by atoms with Gasteiger partial charge < -0.3 is 4.84 Å². The third kappa shape index (κ3) is 0.757. The third-order valence-corrected chi connectivity index (χ3v) is 1.34. The molecule has 1 aromatic heterocycles. The summed E-state index contributed by atoms with van der Waals surface area (Å²) in [5.74, 6) is 0. The zero-order valence-electron chi connectivity index (χ0n) is 5.24. The van der Waals surface area contributed by atoms with E-state index in [2.05, 4.69) is 16.3 Å². The fourth-order valence-electron chi connectivity index (χ4n) is 0.830. The van der Waals surface area contributed by atoms with Gasteiger partial charge in [-0.3, -0.25) is 0 Å². The lowest BCUT2D eigenvalue weighted by molar-refractivity contribution is 0.127. The van der Waals surface area contributed by atoms with Gasteiger partial charge in [0.25, 0.3) is 0 Å². The second-order valence-corrected chi connectivity index (χ2v) is 1.99. The first-order chi connectivity index (χ1) is 4.97. The van der Waals surface area contributed by atoms with E-state index in [4.69, 9.17) is 4.84 Å². The zero-order chi connectivity index (χ0) is 6.81. The minimum Gasteiger partial charge on any atom is -0.391 e. The van der Waals surface area contributed by atoms with Crippen LogP contribution in [0.2, 0.25) is 0 Å². The summed E-state index contributed by atoms with van der Waals surface area (Å²) in [6.07, 6.45) is 4.32. The van der Waals surface area contributed by atoms with Crippen LogP contribution in [0.25, 0.3) is 0 Å². The monoisotopic (exact) mass is 133 g/mol. The average Bonchev–Trinajstić information content (AvgIpc) is 2.05. The molecule has 0 bridgehead atoms. The smallest absolute Gasteiger partial charge is 0.144 e. The molecule has 1 aromatic rings. The second-order valence-electron chi connectivity index (χ2n) is 1.99. The lowest BCUT2D eigenvalue weighted by Crippen LogP contribution is -2.02. The Kier molecular flexibility index (Phi) is 1.13. The normalized spacial score (nSPS) is 14.0. The molecule has 1 aliphatic heterocycles. The fraction of sp³-hybridized carbons (Fsp3) is 0.143. The summed E-state index contributed by atoms with van der Waals surface area (Å²) in [4.78, 5) is 8.78. The molecule has 0 aromatic carbocycles. The van der Waals surface area contributed by atoms with E-state index in [-0.39, 0.29) is 0 Å². The molecule has 0 saturated heterocycles. The number of hydrogen-bond acceptors (Lipinski definition) is 3. The summed E-state index contributed by atoms with van der Waals surface area (Å²) in [5, 5.41) is 3.61. The average molecular weight is 133 g/mol. The highest BCUT2D eigenvalue weighted by molar-refractivity contribution is 5.78. The molecule has 0 atom stereocenters. The molecule has 49 valence electrons. The predicted octanol–water partition coefficient (Wildman–Crippen LogP) is 0.746. The third-order valence-electron chi connectivity index (χ3n) is 1.34. The van der Waals surface area contributed by atoms with Gasteiger partial charge in [-0.2, -0.15) is 0 Å². The first-order valence-electron chi connectivity index (χ1n) is 2.98. The Balaban J connectivity index is 2.54. The molecule has 3 nitrogen and oxygen atoms in total. The number of nitrogens with zero attached hydrogens (tertiary/aromatic N) is 2. The van der Waals surface area contributed by atoms with Gasteiger partial charge in [-0.1, -0.05) is 11.2 Å². The van der Waals surface area contributed by atoms with Gasteiger partial charge in [-0.25, -0.2) is 4.98 Å². The van der Waals surface area contributed by atoms with Gasteiger partial charge in [0.05, 0.1) is 18.1 Å². The van der Waals surface area contributed by atoms with E-state index in [1.54, 1.807) is 12.3 Å². The van der Waals surface area contributed by atoms with E-state index in [0.29, 0.717) is 6.61 Å². The molecule has 1 radical (unpaired) electrons. The summed E-state index contributed by atoms with van der Waals surface area (Å²) in [5.41, 5.74) is 1.92. The van der Waals surface area contributed by atoms with Crippen LogP contribution in [0.1, 0.15) is 11.3 Å². The Morgan fingerprint density at radius 1 is 1.60 bits per heavy atom. The standard InChI is InChI=1S/C7H5N2O/c1-2-6-5-10-9-4-7(6)8-3-1/h1-2,4H,5H2. The number of pyridine rings is 1. The van der Waals surface area contributed by atoms with Crippen LogP contribution in [-0.2, 0) is 11.4 Å². The Bertz CT molecular complexity index is 270. The highest BCUT2D eigenvalue weighted by Gasteiger charge is 2.04. The van der Waals surface area contributed by atoms with E-state index in [9.17, 15) is 0 Å². The highest BCUT2D eigenvalue weighted by atomic mass is 16.6. The molecule has 0 unspecified atom stereocenters. The molecule has 2 rings (SSSR count). The molecule has 10 heavy (non-hydrogen) atoms. The first-order valence-corrected chi connectivity index (χ1v) is 2.98. The molecule has 1 aliphatic rings. The summed E-state index contributed by atoms with van der Waals surface area (Å²) >= 11 is 0. The van der Waals surface area contributed by atoms with Crippen molar-refractivity contribution in [1.82, 2.24) is 4.98 Å². The molecular weight excluding hydrogens is 128 g/mol. The van der Waals surface area contributed by atoms with Crippen molar-refractivity contribution < 1.29 is 4.84 Å². The minimum absolute atomic E-state index is 0.521. The summed E-state index contributed by atoms with van der Waals surface area (Å²) < 4.78 is 0. The Morgan fingerprint density at radius 2 is 2.60 bits per heavy atom. The van der Waals surface area contributed by atoms with Crippen molar-refractivity contribution in [2.45, 2.75) is 6.61 Å². The fourth-order valence-corrected chi connectivity index (χ4v) is 0.830. The summed E-state index contributed by atoms with van der Waals surface area (Å²) in [7, 11) is 0. The molecule has 0 amide bonds. The number of fused-ring (bicyclic) bond motifs is 1. The Morgan fingerprint density at radius 3 is 3.50 bits per heavy atom. The number of oxime groups is 1. The quantitative estimate of drug-likeness (QED) is 0.523. The SMILES string of the molecule is [c]1ccc2c(n1)C=NOC2. The maximum absolute atomic E-state index is 4.81. The lowest BCUT2D eigenvalue weighted by atomic mass is 10.2. The maximum atomic E-state index is 4.81. The number of rotatable bonds is 0.